The molecule has 2 aromatic carbocycles. The summed E-state index contributed by atoms with van der Waals surface area (Å²) >= 11 is 3.39. The number of benzene rings is 2. The molecule has 1 aliphatic heterocycles. The van der Waals surface area contributed by atoms with E-state index in [2.05, 4.69) is 36.1 Å². The van der Waals surface area contributed by atoms with Gasteiger partial charge >= 0.3 is 0 Å². The number of nitrogens with one attached hydrogen (secondary N) is 1. The monoisotopic (exact) mass is 422 g/mol. The number of hydrogen-bond acceptors (Lipinski definition) is 4. The van der Waals surface area contributed by atoms with Crippen LogP contribution in [0.1, 0.15) is 23.2 Å². The van der Waals surface area contributed by atoms with Crippen LogP contribution in [0, 0.1) is 0 Å². The average Bonchev–Trinajstić information content (AvgIpc) is 3.25. The fourth-order valence-electron chi connectivity index (χ4n) is 3.18. The zero-order valence-electron chi connectivity index (χ0n) is 14.7. The Balaban J connectivity index is 1.56. The number of nitrogens with zero attached hydrogens (tertiary/aromatic N) is 3. The molecule has 1 aliphatic rings. The highest BCUT2D eigenvalue weighted by Crippen LogP contribution is 2.24. The van der Waals surface area contributed by atoms with Gasteiger partial charge in [-0.2, -0.15) is 0 Å². The Labute approximate surface area is 166 Å². The molecular formula is C21H19BrN4O. The van der Waals surface area contributed by atoms with Gasteiger partial charge in [0.15, 0.2) is 0 Å². The van der Waals surface area contributed by atoms with Crippen molar-refractivity contribution in [2.45, 2.75) is 12.8 Å². The van der Waals surface area contributed by atoms with Crippen LogP contribution in [-0.2, 0) is 0 Å². The molecule has 1 fully saturated rings. The van der Waals surface area contributed by atoms with Crippen molar-refractivity contribution >= 4 is 33.3 Å². The van der Waals surface area contributed by atoms with Crippen molar-refractivity contribution in [3.8, 4) is 11.3 Å². The van der Waals surface area contributed by atoms with Crippen LogP contribution < -0.4 is 10.2 Å². The first-order valence-corrected chi connectivity index (χ1v) is 9.73. The highest BCUT2D eigenvalue weighted by Gasteiger charge is 2.15. The van der Waals surface area contributed by atoms with Crippen molar-refractivity contribution in [1.82, 2.24) is 9.97 Å². The molecule has 0 aliphatic carbocycles. The molecule has 0 saturated carbocycles. The standard InChI is InChI=1S/C21H19BrN4O/c22-17-6-8-18(9-7-17)25-21(27)16-5-3-4-15(12-16)19-13-20(24-14-23-19)26-10-1-2-11-26/h3-9,12-14H,1-2,10-11H2,(H,25,27). The van der Waals surface area contributed by atoms with E-state index in [1.54, 1.807) is 12.4 Å². The number of halogens is 1. The minimum Gasteiger partial charge on any atom is -0.357 e. The minimum absolute atomic E-state index is 0.145. The molecule has 0 bridgehead atoms. The molecule has 3 aromatic rings. The Hall–Kier alpha value is -2.73. The largest absolute Gasteiger partial charge is 0.357 e. The molecule has 5 nitrogen and oxygen atoms in total. The summed E-state index contributed by atoms with van der Waals surface area (Å²) in [5.41, 5.74) is 3.08. The van der Waals surface area contributed by atoms with Gasteiger partial charge in [-0.3, -0.25) is 4.79 Å². The van der Waals surface area contributed by atoms with Gasteiger partial charge in [0, 0.05) is 40.4 Å². The van der Waals surface area contributed by atoms with Crippen LogP contribution in [-0.4, -0.2) is 29.0 Å². The molecule has 0 unspecified atom stereocenters. The number of carbonyl (C=O) groups excluding carboxylic acids is 1. The maximum absolute atomic E-state index is 12.6. The highest BCUT2D eigenvalue weighted by molar-refractivity contribution is 9.10. The van der Waals surface area contributed by atoms with E-state index in [9.17, 15) is 4.79 Å². The summed E-state index contributed by atoms with van der Waals surface area (Å²) in [7, 11) is 0. The minimum atomic E-state index is -0.145. The van der Waals surface area contributed by atoms with Crippen molar-refractivity contribution in [2.24, 2.45) is 0 Å². The number of hydrogen-bond donors (Lipinski definition) is 1. The highest BCUT2D eigenvalue weighted by atomic mass is 79.9. The molecule has 0 spiro atoms. The quantitative estimate of drug-likeness (QED) is 0.658. The molecule has 1 N–H and O–H groups in total. The van der Waals surface area contributed by atoms with Gasteiger partial charge in [-0.15, -0.1) is 0 Å². The van der Waals surface area contributed by atoms with Crippen molar-refractivity contribution < 1.29 is 4.79 Å². The summed E-state index contributed by atoms with van der Waals surface area (Å²) in [4.78, 5) is 23.7. The first kappa shape index (κ1) is 17.7. The third-order valence-electron chi connectivity index (χ3n) is 4.61. The van der Waals surface area contributed by atoms with Crippen LogP contribution in [0.15, 0.2) is 65.4 Å². The first-order valence-electron chi connectivity index (χ1n) is 8.93. The molecule has 0 radical (unpaired) electrons. The lowest BCUT2D eigenvalue weighted by Crippen LogP contribution is -2.19. The second-order valence-electron chi connectivity index (χ2n) is 6.50. The van der Waals surface area contributed by atoms with E-state index in [0.29, 0.717) is 5.56 Å². The third-order valence-corrected chi connectivity index (χ3v) is 5.13. The zero-order chi connectivity index (χ0) is 18.6. The lowest BCUT2D eigenvalue weighted by molar-refractivity contribution is 0.102. The number of amides is 1. The van der Waals surface area contributed by atoms with Crippen molar-refractivity contribution in [3.05, 3.63) is 71.0 Å². The van der Waals surface area contributed by atoms with E-state index in [4.69, 9.17) is 0 Å². The maximum Gasteiger partial charge on any atom is 0.255 e. The molecule has 136 valence electrons. The van der Waals surface area contributed by atoms with Gasteiger partial charge in [0.1, 0.15) is 12.1 Å². The zero-order valence-corrected chi connectivity index (χ0v) is 16.3. The van der Waals surface area contributed by atoms with Crippen LogP contribution in [0.3, 0.4) is 0 Å². The summed E-state index contributed by atoms with van der Waals surface area (Å²) in [6.45, 7) is 2.07. The van der Waals surface area contributed by atoms with E-state index in [1.807, 2.05) is 48.5 Å². The summed E-state index contributed by atoms with van der Waals surface area (Å²) in [6.07, 6.45) is 3.99. The predicted molar refractivity (Wildman–Crippen MR) is 111 cm³/mol. The Morgan fingerprint density at radius 2 is 1.78 bits per heavy atom. The van der Waals surface area contributed by atoms with Gasteiger partial charge in [-0.1, -0.05) is 28.1 Å². The lowest BCUT2D eigenvalue weighted by Gasteiger charge is -2.16. The summed E-state index contributed by atoms with van der Waals surface area (Å²) in [6, 6.07) is 17.0. The van der Waals surface area contributed by atoms with Gasteiger partial charge in [0.2, 0.25) is 0 Å². The van der Waals surface area contributed by atoms with Crippen molar-refractivity contribution in [2.75, 3.05) is 23.3 Å². The number of aromatic nitrogens is 2. The average molecular weight is 423 g/mol. The second kappa shape index (κ2) is 7.88. The van der Waals surface area contributed by atoms with Crippen molar-refractivity contribution in [1.29, 1.82) is 0 Å². The van der Waals surface area contributed by atoms with Gasteiger partial charge in [-0.05, 0) is 49.2 Å². The Kier molecular flexibility index (Phi) is 5.16. The van der Waals surface area contributed by atoms with Gasteiger partial charge < -0.3 is 10.2 Å². The Bertz CT molecular complexity index is 952. The van der Waals surface area contributed by atoms with E-state index >= 15 is 0 Å². The molecule has 0 atom stereocenters. The lowest BCUT2D eigenvalue weighted by atomic mass is 10.1. The Morgan fingerprint density at radius 1 is 1.00 bits per heavy atom. The van der Waals surface area contributed by atoms with E-state index in [0.717, 1.165) is 40.3 Å². The third kappa shape index (κ3) is 4.17. The van der Waals surface area contributed by atoms with Gasteiger partial charge in [-0.25, -0.2) is 9.97 Å². The van der Waals surface area contributed by atoms with Crippen LogP contribution in [0.4, 0.5) is 11.5 Å². The van der Waals surface area contributed by atoms with Crippen molar-refractivity contribution in [3.63, 3.8) is 0 Å². The summed E-state index contributed by atoms with van der Waals surface area (Å²) in [5.74, 6) is 0.801. The molecule has 4 rings (SSSR count). The first-order chi connectivity index (χ1) is 13.2. The predicted octanol–water partition coefficient (Wildman–Crippen LogP) is 4.76. The van der Waals surface area contributed by atoms with Crippen LogP contribution in [0.5, 0.6) is 0 Å². The SMILES string of the molecule is O=C(Nc1ccc(Br)cc1)c1cccc(-c2cc(N3CCCC3)ncn2)c1. The van der Waals surface area contributed by atoms with E-state index in [-0.39, 0.29) is 5.91 Å². The Morgan fingerprint density at radius 3 is 2.56 bits per heavy atom. The van der Waals surface area contributed by atoms with E-state index < -0.39 is 0 Å². The molecule has 6 heteroatoms. The smallest absolute Gasteiger partial charge is 0.255 e. The fourth-order valence-corrected chi connectivity index (χ4v) is 3.44. The van der Waals surface area contributed by atoms with Crippen LogP contribution in [0.25, 0.3) is 11.3 Å². The molecule has 1 amide bonds. The molecular weight excluding hydrogens is 404 g/mol. The van der Waals surface area contributed by atoms with Gasteiger partial charge in [0.05, 0.1) is 5.69 Å². The molecule has 27 heavy (non-hydrogen) atoms. The number of anilines is 2. The number of carbonyl (C=O) groups is 1. The van der Waals surface area contributed by atoms with E-state index in [1.165, 1.54) is 12.8 Å². The normalized spacial score (nSPS) is 13.6. The molecule has 2 heterocycles. The summed E-state index contributed by atoms with van der Waals surface area (Å²) in [5, 5.41) is 2.92. The maximum atomic E-state index is 12.6. The van der Waals surface area contributed by atoms with Crippen LogP contribution in [0.2, 0.25) is 0 Å². The molecule has 1 saturated heterocycles. The number of rotatable bonds is 4. The second-order valence-corrected chi connectivity index (χ2v) is 7.41. The fraction of sp³-hybridized carbons (Fsp3) is 0.190. The van der Waals surface area contributed by atoms with Gasteiger partial charge in [0.25, 0.3) is 5.91 Å². The van der Waals surface area contributed by atoms with Crippen LogP contribution >= 0.6 is 15.9 Å². The topological polar surface area (TPSA) is 58.1 Å². The molecule has 1 aromatic heterocycles. The summed E-state index contributed by atoms with van der Waals surface area (Å²) < 4.78 is 0.972.